The predicted molar refractivity (Wildman–Crippen MR) is 82.3 cm³/mol. The molecule has 0 amide bonds. The third kappa shape index (κ3) is 3.81. The van der Waals surface area contributed by atoms with E-state index in [1.165, 1.54) is 6.07 Å². The molecule has 1 aliphatic rings. The summed E-state index contributed by atoms with van der Waals surface area (Å²) in [5, 5.41) is 0. The molecule has 0 atom stereocenters. The smallest absolute Gasteiger partial charge is 0.193 e. The fourth-order valence-corrected chi connectivity index (χ4v) is 2.58. The molecule has 0 saturated carbocycles. The molecule has 1 fully saturated rings. The highest BCUT2D eigenvalue weighted by Crippen LogP contribution is 2.15. The number of ketones is 1. The van der Waals surface area contributed by atoms with Crippen LogP contribution in [0.5, 0.6) is 0 Å². The van der Waals surface area contributed by atoms with Gasteiger partial charge in [0.1, 0.15) is 0 Å². The second kappa shape index (κ2) is 6.98. The van der Waals surface area contributed by atoms with E-state index in [1.54, 1.807) is 12.1 Å². The van der Waals surface area contributed by atoms with Crippen LogP contribution in [0, 0.1) is 11.6 Å². The van der Waals surface area contributed by atoms with Crippen molar-refractivity contribution in [1.29, 1.82) is 0 Å². The molecule has 0 N–H and O–H groups in total. The lowest BCUT2D eigenvalue weighted by molar-refractivity contribution is 0.0342. The standard InChI is InChI=1S/C18H17F2NO2/c19-16-6-5-15(11-17(16)20)18(22)14-3-1-13(2-4-14)12-21-7-9-23-10-8-21/h1-6,11H,7-10,12H2. The Balaban J connectivity index is 1.70. The summed E-state index contributed by atoms with van der Waals surface area (Å²) in [6.07, 6.45) is 0. The van der Waals surface area contributed by atoms with Crippen LogP contribution in [0.4, 0.5) is 8.78 Å². The molecule has 1 aliphatic heterocycles. The van der Waals surface area contributed by atoms with Crippen molar-refractivity contribution in [1.82, 2.24) is 4.90 Å². The van der Waals surface area contributed by atoms with Crippen LogP contribution in [0.15, 0.2) is 42.5 Å². The third-order valence-electron chi connectivity index (χ3n) is 3.91. The number of halogens is 2. The fourth-order valence-electron chi connectivity index (χ4n) is 2.58. The van der Waals surface area contributed by atoms with Gasteiger partial charge >= 0.3 is 0 Å². The topological polar surface area (TPSA) is 29.5 Å². The van der Waals surface area contributed by atoms with Crippen molar-refractivity contribution in [3.8, 4) is 0 Å². The molecule has 0 unspecified atom stereocenters. The van der Waals surface area contributed by atoms with Crippen molar-refractivity contribution in [2.45, 2.75) is 6.54 Å². The summed E-state index contributed by atoms with van der Waals surface area (Å²) in [7, 11) is 0. The Labute approximate surface area is 133 Å². The Kier molecular flexibility index (Phi) is 4.79. The second-order valence-electron chi connectivity index (χ2n) is 5.54. The number of benzene rings is 2. The zero-order valence-electron chi connectivity index (χ0n) is 12.6. The average molecular weight is 317 g/mol. The van der Waals surface area contributed by atoms with Gasteiger partial charge in [-0.25, -0.2) is 8.78 Å². The number of ether oxygens (including phenoxy) is 1. The lowest BCUT2D eigenvalue weighted by Crippen LogP contribution is -2.35. The number of hydrogen-bond donors (Lipinski definition) is 0. The highest BCUT2D eigenvalue weighted by molar-refractivity contribution is 6.08. The number of hydrogen-bond acceptors (Lipinski definition) is 3. The highest BCUT2D eigenvalue weighted by atomic mass is 19.2. The first-order valence-electron chi connectivity index (χ1n) is 7.52. The van der Waals surface area contributed by atoms with E-state index in [9.17, 15) is 13.6 Å². The SMILES string of the molecule is O=C(c1ccc(CN2CCOCC2)cc1)c1ccc(F)c(F)c1. The largest absolute Gasteiger partial charge is 0.379 e. The molecule has 1 saturated heterocycles. The van der Waals surface area contributed by atoms with Crippen LogP contribution in [-0.4, -0.2) is 37.0 Å². The number of nitrogens with zero attached hydrogens (tertiary/aromatic N) is 1. The number of morpholine rings is 1. The van der Waals surface area contributed by atoms with E-state index in [2.05, 4.69) is 4.90 Å². The number of rotatable bonds is 4. The normalized spacial score (nSPS) is 15.6. The van der Waals surface area contributed by atoms with Crippen LogP contribution in [-0.2, 0) is 11.3 Å². The average Bonchev–Trinajstić information content (AvgIpc) is 2.58. The van der Waals surface area contributed by atoms with Crippen molar-refractivity contribution in [2.75, 3.05) is 26.3 Å². The molecule has 3 nitrogen and oxygen atoms in total. The molecule has 0 aromatic heterocycles. The third-order valence-corrected chi connectivity index (χ3v) is 3.91. The van der Waals surface area contributed by atoms with Crippen LogP contribution in [0.25, 0.3) is 0 Å². The Morgan fingerprint density at radius 2 is 1.61 bits per heavy atom. The van der Waals surface area contributed by atoms with Crippen molar-refractivity contribution in [2.24, 2.45) is 0 Å². The van der Waals surface area contributed by atoms with Gasteiger partial charge < -0.3 is 4.74 Å². The highest BCUT2D eigenvalue weighted by Gasteiger charge is 2.13. The zero-order chi connectivity index (χ0) is 16.2. The Hall–Kier alpha value is -2.11. The predicted octanol–water partition coefficient (Wildman–Crippen LogP) is 3.03. The summed E-state index contributed by atoms with van der Waals surface area (Å²) < 4.78 is 31.5. The molecule has 2 aromatic rings. The first-order chi connectivity index (χ1) is 11.1. The number of carbonyl (C=O) groups excluding carboxylic acids is 1. The van der Waals surface area contributed by atoms with E-state index in [0.29, 0.717) is 5.56 Å². The van der Waals surface area contributed by atoms with Crippen LogP contribution < -0.4 is 0 Å². The van der Waals surface area contributed by atoms with Gasteiger partial charge in [0, 0.05) is 30.8 Å². The van der Waals surface area contributed by atoms with E-state index in [1.807, 2.05) is 12.1 Å². The van der Waals surface area contributed by atoms with Gasteiger partial charge in [0.25, 0.3) is 0 Å². The lowest BCUT2D eigenvalue weighted by atomic mass is 10.0. The first-order valence-corrected chi connectivity index (χ1v) is 7.52. The fraction of sp³-hybridized carbons (Fsp3) is 0.278. The first kappa shape index (κ1) is 15.8. The molecule has 5 heteroatoms. The Morgan fingerprint density at radius 1 is 0.957 bits per heavy atom. The van der Waals surface area contributed by atoms with Gasteiger partial charge in [0.05, 0.1) is 13.2 Å². The van der Waals surface area contributed by atoms with Crippen molar-refractivity contribution < 1.29 is 18.3 Å². The molecule has 0 aliphatic carbocycles. The monoisotopic (exact) mass is 317 g/mol. The number of carbonyl (C=O) groups is 1. The Morgan fingerprint density at radius 3 is 2.26 bits per heavy atom. The molecule has 1 heterocycles. The summed E-state index contributed by atoms with van der Waals surface area (Å²) in [4.78, 5) is 14.6. The minimum atomic E-state index is -1.01. The second-order valence-corrected chi connectivity index (χ2v) is 5.54. The van der Waals surface area contributed by atoms with Gasteiger partial charge in [-0.05, 0) is 23.8 Å². The maximum atomic E-state index is 13.2. The summed E-state index contributed by atoms with van der Waals surface area (Å²) in [5.41, 5.74) is 1.71. The lowest BCUT2D eigenvalue weighted by Gasteiger charge is -2.26. The van der Waals surface area contributed by atoms with Crippen LogP contribution in [0.3, 0.4) is 0 Å². The van der Waals surface area contributed by atoms with Gasteiger partial charge in [-0.15, -0.1) is 0 Å². The van der Waals surface area contributed by atoms with Crippen LogP contribution in [0.1, 0.15) is 21.5 Å². The van der Waals surface area contributed by atoms with E-state index < -0.39 is 11.6 Å². The summed E-state index contributed by atoms with van der Waals surface area (Å²) >= 11 is 0. The maximum Gasteiger partial charge on any atom is 0.193 e. The van der Waals surface area contributed by atoms with Crippen LogP contribution >= 0.6 is 0 Å². The zero-order valence-corrected chi connectivity index (χ0v) is 12.6. The molecule has 23 heavy (non-hydrogen) atoms. The summed E-state index contributed by atoms with van der Waals surface area (Å²) in [6.45, 7) is 4.09. The molecule has 0 spiro atoms. The van der Waals surface area contributed by atoms with Gasteiger partial charge in [0.15, 0.2) is 17.4 Å². The quantitative estimate of drug-likeness (QED) is 0.812. The molecule has 2 aromatic carbocycles. The Bertz CT molecular complexity index is 695. The van der Waals surface area contributed by atoms with Gasteiger partial charge in [-0.1, -0.05) is 24.3 Å². The van der Waals surface area contributed by atoms with Gasteiger partial charge in [-0.2, -0.15) is 0 Å². The minimum Gasteiger partial charge on any atom is -0.379 e. The van der Waals surface area contributed by atoms with Crippen molar-refractivity contribution in [3.05, 3.63) is 70.8 Å². The van der Waals surface area contributed by atoms with Crippen molar-refractivity contribution >= 4 is 5.78 Å². The molecular weight excluding hydrogens is 300 g/mol. The van der Waals surface area contributed by atoms with E-state index in [-0.39, 0.29) is 11.3 Å². The molecule has 120 valence electrons. The summed E-state index contributed by atoms with van der Waals surface area (Å²) in [6, 6.07) is 10.4. The molecule has 3 rings (SSSR count). The summed E-state index contributed by atoms with van der Waals surface area (Å²) in [5.74, 6) is -2.29. The minimum absolute atomic E-state index is 0.143. The van der Waals surface area contributed by atoms with E-state index in [0.717, 1.165) is 50.5 Å². The molecule has 0 radical (unpaired) electrons. The van der Waals surface area contributed by atoms with Gasteiger partial charge in [-0.3, -0.25) is 9.69 Å². The molecular formula is C18H17F2NO2. The molecule has 0 bridgehead atoms. The van der Waals surface area contributed by atoms with Crippen LogP contribution in [0.2, 0.25) is 0 Å². The maximum absolute atomic E-state index is 13.2. The van der Waals surface area contributed by atoms with E-state index >= 15 is 0 Å². The van der Waals surface area contributed by atoms with E-state index in [4.69, 9.17) is 4.74 Å². The van der Waals surface area contributed by atoms with Crippen molar-refractivity contribution in [3.63, 3.8) is 0 Å². The van der Waals surface area contributed by atoms with Gasteiger partial charge in [0.2, 0.25) is 0 Å².